The highest BCUT2D eigenvalue weighted by Gasteiger charge is 2.24. The molecule has 2 aliphatic heterocycles. The van der Waals surface area contributed by atoms with Gasteiger partial charge in [0.15, 0.2) is 0 Å². The molecule has 3 heterocycles. The molecule has 1 fully saturated rings. The minimum absolute atomic E-state index is 0.0579. The summed E-state index contributed by atoms with van der Waals surface area (Å²) in [6, 6.07) is 16.0. The minimum Gasteiger partial charge on any atom is -0.481 e. The maximum atomic E-state index is 11.0. The summed E-state index contributed by atoms with van der Waals surface area (Å²) in [6.07, 6.45) is 1.97. The third kappa shape index (κ3) is 4.76. The van der Waals surface area contributed by atoms with Gasteiger partial charge in [-0.05, 0) is 37.1 Å². The quantitative estimate of drug-likeness (QED) is 0.473. The summed E-state index contributed by atoms with van der Waals surface area (Å²) < 4.78 is 11.6. The maximum Gasteiger partial charge on any atom is 0.305 e. The summed E-state index contributed by atoms with van der Waals surface area (Å²) in [7, 11) is 0. The van der Waals surface area contributed by atoms with Gasteiger partial charge in [0.2, 0.25) is 0 Å². The maximum absolute atomic E-state index is 11.0. The topological polar surface area (TPSA) is 95.9 Å². The fourth-order valence-corrected chi connectivity index (χ4v) is 5.09. The average Bonchev–Trinajstić information content (AvgIpc) is 3.42. The number of H-pyrrole nitrogens is 1. The van der Waals surface area contributed by atoms with Crippen molar-refractivity contribution in [3.63, 3.8) is 0 Å². The van der Waals surface area contributed by atoms with Crippen LogP contribution in [0.2, 0.25) is 0 Å². The zero-order valence-electron chi connectivity index (χ0n) is 17.5. The fourth-order valence-electron chi connectivity index (χ4n) is 4.06. The molecule has 8 heteroatoms. The number of hydrogen-bond acceptors (Lipinski definition) is 6. The second-order valence-corrected chi connectivity index (χ2v) is 9.07. The van der Waals surface area contributed by atoms with Crippen molar-refractivity contribution in [1.82, 2.24) is 4.98 Å². The first-order chi connectivity index (χ1) is 15.6. The molecule has 0 aliphatic carbocycles. The second-order valence-electron chi connectivity index (χ2n) is 8.06. The van der Waals surface area contributed by atoms with Crippen LogP contribution in [0.4, 0.5) is 5.69 Å². The number of para-hydroxylation sites is 1. The minimum atomic E-state index is -0.817. The lowest BCUT2D eigenvalue weighted by Crippen LogP contribution is -2.27. The highest BCUT2D eigenvalue weighted by Crippen LogP contribution is 2.35. The molecule has 7 nitrogen and oxygen atoms in total. The van der Waals surface area contributed by atoms with E-state index < -0.39 is 5.97 Å². The number of aliphatic imine (C=N–C) groups is 1. The summed E-state index contributed by atoms with van der Waals surface area (Å²) >= 11 is 1.60. The summed E-state index contributed by atoms with van der Waals surface area (Å²) in [5.41, 5.74) is 2.89. The van der Waals surface area contributed by atoms with Crippen LogP contribution in [0.3, 0.4) is 0 Å². The highest BCUT2D eigenvalue weighted by atomic mass is 32.2. The van der Waals surface area contributed by atoms with Gasteiger partial charge in [-0.2, -0.15) is 0 Å². The van der Waals surface area contributed by atoms with Crippen LogP contribution in [0.5, 0.6) is 11.5 Å². The number of nitrogens with zero attached hydrogens (tertiary/aromatic N) is 1. The number of aromatic nitrogens is 1. The van der Waals surface area contributed by atoms with E-state index in [0.717, 1.165) is 64.9 Å². The summed E-state index contributed by atoms with van der Waals surface area (Å²) in [5, 5.41) is 14.6. The van der Waals surface area contributed by atoms with Crippen LogP contribution < -0.4 is 10.1 Å². The van der Waals surface area contributed by atoms with E-state index in [9.17, 15) is 4.79 Å². The molecule has 3 aromatic rings. The SMILES string of the molecule is O=C(O)CC1CSC(c2cc3cc(Oc4ccccc4)cc(NC4CCOCC4)c3[nH]2)=N1. The standard InChI is InChI=1S/C24H25N3O4S/c28-22(29)12-17-14-32-24(26-17)21-11-15-10-19(31-18-4-2-1-3-5-18)13-20(23(15)27-21)25-16-6-8-30-9-7-16/h1-5,10-11,13,16-17,25,27H,6-9,12,14H2,(H,28,29). The molecule has 3 N–H and O–H groups in total. The van der Waals surface area contributed by atoms with E-state index in [1.807, 2.05) is 42.5 Å². The Morgan fingerprint density at radius 2 is 2.00 bits per heavy atom. The number of thioether (sulfide) groups is 1. The molecule has 1 unspecified atom stereocenters. The van der Waals surface area contributed by atoms with Crippen LogP contribution in [0.25, 0.3) is 10.9 Å². The number of nitrogens with one attached hydrogen (secondary N) is 2. The van der Waals surface area contributed by atoms with Crippen LogP contribution in [-0.4, -0.2) is 52.2 Å². The zero-order valence-corrected chi connectivity index (χ0v) is 18.4. The van der Waals surface area contributed by atoms with Gasteiger partial charge in [-0.15, -0.1) is 11.8 Å². The van der Waals surface area contributed by atoms with Crippen molar-refractivity contribution >= 4 is 39.4 Å². The molecule has 0 radical (unpaired) electrons. The van der Waals surface area contributed by atoms with Crippen LogP contribution in [0.1, 0.15) is 25.0 Å². The van der Waals surface area contributed by atoms with Gasteiger partial charge in [0.1, 0.15) is 16.5 Å². The zero-order chi connectivity index (χ0) is 21.9. The van der Waals surface area contributed by atoms with Crippen LogP contribution in [-0.2, 0) is 9.53 Å². The van der Waals surface area contributed by atoms with Crippen molar-refractivity contribution in [1.29, 1.82) is 0 Å². The first kappa shape index (κ1) is 20.9. The molecule has 0 bridgehead atoms. The summed E-state index contributed by atoms with van der Waals surface area (Å²) in [5.74, 6) is 1.41. The Labute approximate surface area is 190 Å². The third-order valence-electron chi connectivity index (χ3n) is 5.61. The molecule has 0 amide bonds. The van der Waals surface area contributed by atoms with E-state index >= 15 is 0 Å². The van der Waals surface area contributed by atoms with E-state index in [2.05, 4.69) is 21.4 Å². The van der Waals surface area contributed by atoms with Gasteiger partial charge in [0, 0.05) is 36.5 Å². The molecule has 2 aromatic carbocycles. The van der Waals surface area contributed by atoms with Gasteiger partial charge in [-0.1, -0.05) is 18.2 Å². The second kappa shape index (κ2) is 9.26. The van der Waals surface area contributed by atoms with Gasteiger partial charge < -0.3 is 24.9 Å². The monoisotopic (exact) mass is 451 g/mol. The van der Waals surface area contributed by atoms with E-state index in [1.54, 1.807) is 11.8 Å². The highest BCUT2D eigenvalue weighted by molar-refractivity contribution is 8.14. The summed E-state index contributed by atoms with van der Waals surface area (Å²) in [4.78, 5) is 19.2. The van der Waals surface area contributed by atoms with Crippen molar-refractivity contribution in [3.8, 4) is 11.5 Å². The molecule has 1 aromatic heterocycles. The number of benzene rings is 2. The smallest absolute Gasteiger partial charge is 0.305 e. The number of aromatic amines is 1. The normalized spacial score (nSPS) is 19.1. The average molecular weight is 452 g/mol. The molecular formula is C24H25N3O4S. The van der Waals surface area contributed by atoms with Gasteiger partial charge in [-0.3, -0.25) is 9.79 Å². The molecule has 32 heavy (non-hydrogen) atoms. The first-order valence-corrected chi connectivity index (χ1v) is 11.8. The van der Waals surface area contributed by atoms with Crippen molar-refractivity contribution in [2.24, 2.45) is 4.99 Å². The van der Waals surface area contributed by atoms with Crippen molar-refractivity contribution < 1.29 is 19.4 Å². The molecule has 0 saturated carbocycles. The largest absolute Gasteiger partial charge is 0.481 e. The number of fused-ring (bicyclic) bond motifs is 1. The Kier molecular flexibility index (Phi) is 6.05. The number of carbonyl (C=O) groups is 1. The Bertz CT molecular complexity index is 1140. The molecule has 2 aliphatic rings. The predicted molar refractivity (Wildman–Crippen MR) is 127 cm³/mol. The Morgan fingerprint density at radius 3 is 2.78 bits per heavy atom. The van der Waals surface area contributed by atoms with Crippen molar-refractivity contribution in [2.75, 3.05) is 24.3 Å². The lowest BCUT2D eigenvalue weighted by Gasteiger charge is -2.24. The Balaban J connectivity index is 1.48. The number of carboxylic acid groups (broad SMARTS) is 1. The van der Waals surface area contributed by atoms with E-state index in [4.69, 9.17) is 14.6 Å². The van der Waals surface area contributed by atoms with Crippen molar-refractivity contribution in [2.45, 2.75) is 31.3 Å². The predicted octanol–water partition coefficient (Wildman–Crippen LogP) is 4.89. The van der Waals surface area contributed by atoms with Crippen LogP contribution in [0, 0.1) is 0 Å². The van der Waals surface area contributed by atoms with E-state index in [-0.39, 0.29) is 12.5 Å². The number of hydrogen-bond donors (Lipinski definition) is 3. The van der Waals surface area contributed by atoms with Gasteiger partial charge in [0.05, 0.1) is 29.4 Å². The van der Waals surface area contributed by atoms with Crippen LogP contribution >= 0.6 is 11.8 Å². The number of ether oxygens (including phenoxy) is 2. The van der Waals surface area contributed by atoms with Crippen molar-refractivity contribution in [3.05, 3.63) is 54.2 Å². The lowest BCUT2D eigenvalue weighted by molar-refractivity contribution is -0.137. The number of carboxylic acids is 1. The molecule has 166 valence electrons. The molecule has 1 saturated heterocycles. The van der Waals surface area contributed by atoms with E-state index in [1.165, 1.54) is 0 Å². The third-order valence-corrected chi connectivity index (χ3v) is 6.76. The summed E-state index contributed by atoms with van der Waals surface area (Å²) in [6.45, 7) is 1.52. The van der Waals surface area contributed by atoms with Gasteiger partial charge in [-0.25, -0.2) is 0 Å². The van der Waals surface area contributed by atoms with Crippen LogP contribution in [0.15, 0.2) is 53.5 Å². The first-order valence-electron chi connectivity index (χ1n) is 10.8. The Hall–Kier alpha value is -2.97. The van der Waals surface area contributed by atoms with E-state index in [0.29, 0.717) is 11.8 Å². The number of anilines is 1. The molecular weight excluding hydrogens is 426 g/mol. The van der Waals surface area contributed by atoms with Gasteiger partial charge in [0.25, 0.3) is 0 Å². The Morgan fingerprint density at radius 1 is 1.19 bits per heavy atom. The number of rotatable bonds is 7. The molecule has 5 rings (SSSR count). The van der Waals surface area contributed by atoms with Gasteiger partial charge >= 0.3 is 5.97 Å². The fraction of sp³-hybridized carbons (Fsp3) is 0.333. The molecule has 0 spiro atoms. The lowest BCUT2D eigenvalue weighted by atomic mass is 10.1. The number of aliphatic carboxylic acids is 1. The molecule has 1 atom stereocenters.